The molecule has 5 nitrogen and oxygen atoms in total. The molecule has 1 fully saturated rings. The fraction of sp³-hybridized carbons (Fsp3) is 0.171. The highest BCUT2D eigenvalue weighted by Gasteiger charge is 2.45. The van der Waals surface area contributed by atoms with Crippen molar-refractivity contribution in [1.82, 2.24) is 14.5 Å². The van der Waals surface area contributed by atoms with Crippen molar-refractivity contribution in [3.8, 4) is 0 Å². The summed E-state index contributed by atoms with van der Waals surface area (Å²) in [6, 6.07) is 55.7. The van der Waals surface area contributed by atoms with Gasteiger partial charge in [0.25, 0.3) is 0 Å². The lowest BCUT2D eigenvalue weighted by Crippen LogP contribution is -2.62. The van der Waals surface area contributed by atoms with Crippen LogP contribution in [0.25, 0.3) is 10.8 Å². The first kappa shape index (κ1) is 31.0. The van der Waals surface area contributed by atoms with Crippen LogP contribution in [0.3, 0.4) is 0 Å². The first-order valence-electron chi connectivity index (χ1n) is 16.2. The number of hydrogen-bond acceptors (Lipinski definition) is 4. The summed E-state index contributed by atoms with van der Waals surface area (Å²) < 4.78 is 30.6. The zero-order valence-electron chi connectivity index (χ0n) is 26.3. The molecule has 1 aliphatic heterocycles. The Balaban J connectivity index is 1.27. The molecule has 236 valence electrons. The molecule has 1 aliphatic rings. The van der Waals surface area contributed by atoms with Crippen LogP contribution in [0.5, 0.6) is 0 Å². The molecule has 1 N–H and O–H groups in total. The first-order chi connectivity index (χ1) is 23.0. The standard InChI is InChI=1S/C41H39N3O2S/c45-47(46,40-26-25-34-17-13-14-18-35(34)29-40)42-30-39-32-44(28-27-43(39)31-33-15-5-1-6-16-33)41(36-19-7-2-8-20-36,37-21-9-3-10-22-37)38-23-11-4-12-24-38/h1-26,29,39,42H,27-28,30-32H2. The third-order valence-electron chi connectivity index (χ3n) is 9.42. The van der Waals surface area contributed by atoms with Gasteiger partial charge >= 0.3 is 0 Å². The summed E-state index contributed by atoms with van der Waals surface area (Å²) in [5.41, 5.74) is 4.19. The Bertz CT molecular complexity index is 1920. The molecule has 1 unspecified atom stereocenters. The predicted octanol–water partition coefficient (Wildman–Crippen LogP) is 7.30. The van der Waals surface area contributed by atoms with Crippen molar-refractivity contribution in [1.29, 1.82) is 0 Å². The average Bonchev–Trinajstić information content (AvgIpc) is 3.13. The van der Waals surface area contributed by atoms with Gasteiger partial charge in [-0.3, -0.25) is 9.80 Å². The number of sulfonamides is 1. The second-order valence-electron chi connectivity index (χ2n) is 12.2. The highest BCUT2D eigenvalue weighted by molar-refractivity contribution is 7.89. The molecule has 1 saturated heterocycles. The number of nitrogens with zero attached hydrogens (tertiary/aromatic N) is 2. The van der Waals surface area contributed by atoms with Crippen LogP contribution in [0.1, 0.15) is 22.3 Å². The molecular formula is C41H39N3O2S. The van der Waals surface area contributed by atoms with E-state index in [1.165, 1.54) is 22.3 Å². The number of benzene rings is 6. The maximum absolute atomic E-state index is 13.8. The van der Waals surface area contributed by atoms with Crippen LogP contribution >= 0.6 is 0 Å². The number of fused-ring (bicyclic) bond motifs is 1. The van der Waals surface area contributed by atoms with Crippen LogP contribution in [-0.2, 0) is 22.1 Å². The maximum atomic E-state index is 13.8. The SMILES string of the molecule is O=S(=O)(NCC1CN(C(c2ccccc2)(c2ccccc2)c2ccccc2)CCN1Cc1ccccc1)c1ccc2ccccc2c1. The molecule has 0 spiro atoms. The number of rotatable bonds is 10. The maximum Gasteiger partial charge on any atom is 0.240 e. The van der Waals surface area contributed by atoms with Crippen LogP contribution < -0.4 is 4.72 Å². The van der Waals surface area contributed by atoms with Gasteiger partial charge in [-0.1, -0.05) is 152 Å². The molecule has 0 aromatic heterocycles. The topological polar surface area (TPSA) is 52.7 Å². The Morgan fingerprint density at radius 1 is 0.596 bits per heavy atom. The Labute approximate surface area is 278 Å². The second-order valence-corrected chi connectivity index (χ2v) is 14.0. The van der Waals surface area contributed by atoms with Gasteiger partial charge in [0.1, 0.15) is 0 Å². The molecular weight excluding hydrogens is 599 g/mol. The lowest BCUT2D eigenvalue weighted by atomic mass is 9.75. The Morgan fingerprint density at radius 2 is 1.11 bits per heavy atom. The zero-order chi connectivity index (χ0) is 32.1. The molecule has 6 heteroatoms. The minimum absolute atomic E-state index is 0.0882. The van der Waals surface area contributed by atoms with E-state index in [4.69, 9.17) is 0 Å². The highest BCUT2D eigenvalue weighted by Crippen LogP contribution is 2.43. The van der Waals surface area contributed by atoms with Gasteiger partial charge in [0.15, 0.2) is 0 Å². The molecule has 47 heavy (non-hydrogen) atoms. The fourth-order valence-electron chi connectivity index (χ4n) is 7.13. The summed E-state index contributed by atoms with van der Waals surface area (Å²) in [6.45, 7) is 3.27. The van der Waals surface area contributed by atoms with E-state index in [0.717, 1.165) is 30.4 Å². The van der Waals surface area contributed by atoms with Crippen LogP contribution in [0.4, 0.5) is 0 Å². The van der Waals surface area contributed by atoms with Crippen molar-refractivity contribution in [3.05, 3.63) is 186 Å². The van der Waals surface area contributed by atoms with Gasteiger partial charge in [0, 0.05) is 38.8 Å². The normalized spacial score (nSPS) is 16.3. The fourth-order valence-corrected chi connectivity index (χ4v) is 8.23. The second kappa shape index (κ2) is 13.6. The Hall–Kier alpha value is -4.59. The number of piperazine rings is 1. The van der Waals surface area contributed by atoms with E-state index < -0.39 is 15.6 Å². The lowest BCUT2D eigenvalue weighted by molar-refractivity contribution is 0.0275. The van der Waals surface area contributed by atoms with Gasteiger partial charge in [-0.05, 0) is 45.2 Å². The van der Waals surface area contributed by atoms with Crippen molar-refractivity contribution in [3.63, 3.8) is 0 Å². The summed E-state index contributed by atoms with van der Waals surface area (Å²) in [5.74, 6) is 0. The zero-order valence-corrected chi connectivity index (χ0v) is 27.1. The van der Waals surface area contributed by atoms with E-state index in [9.17, 15) is 8.42 Å². The lowest BCUT2D eigenvalue weighted by Gasteiger charge is -2.51. The van der Waals surface area contributed by atoms with Crippen LogP contribution in [0, 0.1) is 0 Å². The van der Waals surface area contributed by atoms with Crippen molar-refractivity contribution in [2.45, 2.75) is 23.0 Å². The van der Waals surface area contributed by atoms with Crippen molar-refractivity contribution < 1.29 is 8.42 Å². The third-order valence-corrected chi connectivity index (χ3v) is 10.8. The molecule has 0 bridgehead atoms. The predicted molar refractivity (Wildman–Crippen MR) is 191 cm³/mol. The van der Waals surface area contributed by atoms with E-state index in [-0.39, 0.29) is 17.5 Å². The molecule has 6 aromatic carbocycles. The largest absolute Gasteiger partial charge is 0.292 e. The van der Waals surface area contributed by atoms with Gasteiger partial charge < -0.3 is 0 Å². The van der Waals surface area contributed by atoms with Gasteiger partial charge in [0.2, 0.25) is 10.0 Å². The first-order valence-corrected chi connectivity index (χ1v) is 17.7. The minimum Gasteiger partial charge on any atom is -0.292 e. The highest BCUT2D eigenvalue weighted by atomic mass is 32.2. The summed E-state index contributed by atoms with van der Waals surface area (Å²) in [4.78, 5) is 5.27. The molecule has 0 saturated carbocycles. The monoisotopic (exact) mass is 637 g/mol. The number of nitrogens with one attached hydrogen (secondary N) is 1. The number of hydrogen-bond donors (Lipinski definition) is 1. The summed E-state index contributed by atoms with van der Waals surface area (Å²) in [5, 5.41) is 1.92. The van der Waals surface area contributed by atoms with Crippen molar-refractivity contribution in [2.75, 3.05) is 26.2 Å². The summed E-state index contributed by atoms with van der Waals surface area (Å²) >= 11 is 0. The van der Waals surface area contributed by atoms with E-state index in [1.807, 2.05) is 36.4 Å². The Kier molecular flexibility index (Phi) is 9.01. The molecule has 1 atom stereocenters. The third kappa shape index (κ3) is 6.38. The minimum atomic E-state index is -3.75. The molecule has 0 radical (unpaired) electrons. The molecule has 0 amide bonds. The molecule has 7 rings (SSSR count). The van der Waals surface area contributed by atoms with Crippen molar-refractivity contribution in [2.24, 2.45) is 0 Å². The van der Waals surface area contributed by atoms with Crippen LogP contribution in [0.2, 0.25) is 0 Å². The van der Waals surface area contributed by atoms with Crippen molar-refractivity contribution >= 4 is 20.8 Å². The van der Waals surface area contributed by atoms with E-state index >= 15 is 0 Å². The smallest absolute Gasteiger partial charge is 0.240 e. The van der Waals surface area contributed by atoms with Gasteiger partial charge in [-0.25, -0.2) is 13.1 Å². The van der Waals surface area contributed by atoms with E-state index in [2.05, 4.69) is 130 Å². The van der Waals surface area contributed by atoms with Crippen LogP contribution in [-0.4, -0.2) is 50.4 Å². The average molecular weight is 638 g/mol. The Morgan fingerprint density at radius 3 is 1.68 bits per heavy atom. The van der Waals surface area contributed by atoms with Gasteiger partial charge in [0.05, 0.1) is 10.4 Å². The van der Waals surface area contributed by atoms with E-state index in [0.29, 0.717) is 6.54 Å². The van der Waals surface area contributed by atoms with E-state index in [1.54, 1.807) is 12.1 Å². The van der Waals surface area contributed by atoms with Gasteiger partial charge in [-0.15, -0.1) is 0 Å². The quantitative estimate of drug-likeness (QED) is 0.160. The molecule has 1 heterocycles. The summed E-state index contributed by atoms with van der Waals surface area (Å²) in [6.07, 6.45) is 0. The molecule has 0 aliphatic carbocycles. The van der Waals surface area contributed by atoms with Crippen LogP contribution in [0.15, 0.2) is 169 Å². The summed E-state index contributed by atoms with van der Waals surface area (Å²) in [7, 11) is -3.75. The van der Waals surface area contributed by atoms with Gasteiger partial charge in [-0.2, -0.15) is 0 Å². The molecule has 6 aromatic rings.